The standard InChI is InChI=1S/C26H20FN3O2/c1-17-22(15-23-25(31)28-30(26(23)32)20-7-3-2-4-8-20)21-9-5-6-10-24(21)29(17)16-18-11-13-19(27)14-12-18/h2-15H,16H2,1H3,(H,28,31)/b23-15-. The molecule has 1 N–H and O–H groups in total. The van der Waals surface area contributed by atoms with Gasteiger partial charge in [-0.2, -0.15) is 0 Å². The smallest absolute Gasteiger partial charge is 0.282 e. The van der Waals surface area contributed by atoms with Gasteiger partial charge in [-0.05, 0) is 48.9 Å². The van der Waals surface area contributed by atoms with E-state index in [-0.39, 0.29) is 11.4 Å². The minimum absolute atomic E-state index is 0.0849. The van der Waals surface area contributed by atoms with E-state index in [0.717, 1.165) is 27.7 Å². The van der Waals surface area contributed by atoms with Gasteiger partial charge in [0.1, 0.15) is 11.4 Å². The second-order valence-electron chi connectivity index (χ2n) is 7.70. The van der Waals surface area contributed by atoms with Gasteiger partial charge in [-0.15, -0.1) is 0 Å². The Balaban J connectivity index is 1.58. The summed E-state index contributed by atoms with van der Waals surface area (Å²) < 4.78 is 15.4. The molecule has 0 bridgehead atoms. The molecule has 158 valence electrons. The topological polar surface area (TPSA) is 54.3 Å². The third kappa shape index (κ3) is 3.36. The van der Waals surface area contributed by atoms with E-state index < -0.39 is 11.8 Å². The fraction of sp³-hybridized carbons (Fsp3) is 0.0769. The van der Waals surface area contributed by atoms with Gasteiger partial charge in [0.05, 0.1) is 5.69 Å². The Morgan fingerprint density at radius 2 is 1.59 bits per heavy atom. The Morgan fingerprint density at radius 1 is 0.906 bits per heavy atom. The van der Waals surface area contributed by atoms with Gasteiger partial charge in [-0.1, -0.05) is 48.5 Å². The fourth-order valence-electron chi connectivity index (χ4n) is 4.08. The molecule has 4 aromatic rings. The van der Waals surface area contributed by atoms with Crippen LogP contribution in [0.5, 0.6) is 0 Å². The lowest BCUT2D eigenvalue weighted by Gasteiger charge is -2.13. The highest BCUT2D eigenvalue weighted by molar-refractivity contribution is 6.32. The number of hydrazine groups is 1. The summed E-state index contributed by atoms with van der Waals surface area (Å²) in [4.78, 5) is 25.7. The van der Waals surface area contributed by atoms with Crippen molar-refractivity contribution in [2.45, 2.75) is 13.5 Å². The second-order valence-corrected chi connectivity index (χ2v) is 7.70. The Morgan fingerprint density at radius 3 is 2.34 bits per heavy atom. The van der Waals surface area contributed by atoms with Crippen molar-refractivity contribution in [3.05, 3.63) is 107 Å². The van der Waals surface area contributed by atoms with Crippen LogP contribution in [0, 0.1) is 12.7 Å². The number of para-hydroxylation sites is 2. The van der Waals surface area contributed by atoms with Crippen molar-refractivity contribution in [2.75, 3.05) is 5.01 Å². The van der Waals surface area contributed by atoms with Crippen LogP contribution in [0.3, 0.4) is 0 Å². The number of amides is 2. The lowest BCUT2D eigenvalue weighted by atomic mass is 10.1. The van der Waals surface area contributed by atoms with E-state index in [1.807, 2.05) is 49.4 Å². The number of hydrogen-bond donors (Lipinski definition) is 1. The lowest BCUT2D eigenvalue weighted by Crippen LogP contribution is -2.35. The maximum Gasteiger partial charge on any atom is 0.282 e. The first-order valence-corrected chi connectivity index (χ1v) is 10.3. The number of nitrogens with one attached hydrogen (secondary N) is 1. The third-order valence-corrected chi connectivity index (χ3v) is 5.73. The van der Waals surface area contributed by atoms with E-state index in [4.69, 9.17) is 0 Å². The number of benzene rings is 3. The number of carbonyl (C=O) groups is 2. The maximum atomic E-state index is 13.3. The Bertz CT molecular complexity index is 1370. The summed E-state index contributed by atoms with van der Waals surface area (Å²) in [7, 11) is 0. The molecule has 5 nitrogen and oxygen atoms in total. The average Bonchev–Trinajstić information content (AvgIpc) is 3.24. The molecule has 3 aromatic carbocycles. The van der Waals surface area contributed by atoms with Crippen LogP contribution in [0.2, 0.25) is 0 Å². The highest BCUT2D eigenvalue weighted by Crippen LogP contribution is 2.30. The molecule has 1 aromatic heterocycles. The van der Waals surface area contributed by atoms with E-state index >= 15 is 0 Å². The lowest BCUT2D eigenvalue weighted by molar-refractivity contribution is -0.117. The minimum Gasteiger partial charge on any atom is -0.340 e. The second kappa shape index (κ2) is 7.81. The van der Waals surface area contributed by atoms with Gasteiger partial charge in [-0.3, -0.25) is 15.0 Å². The van der Waals surface area contributed by atoms with Crippen LogP contribution in [0.25, 0.3) is 17.0 Å². The molecule has 0 radical (unpaired) electrons. The fourth-order valence-corrected chi connectivity index (χ4v) is 4.08. The van der Waals surface area contributed by atoms with Crippen LogP contribution >= 0.6 is 0 Å². The molecule has 1 fully saturated rings. The zero-order valence-corrected chi connectivity index (χ0v) is 17.4. The van der Waals surface area contributed by atoms with Crippen molar-refractivity contribution in [2.24, 2.45) is 0 Å². The quantitative estimate of drug-likeness (QED) is 0.384. The van der Waals surface area contributed by atoms with Crippen molar-refractivity contribution in [1.82, 2.24) is 9.99 Å². The van der Waals surface area contributed by atoms with Crippen molar-refractivity contribution in [3.63, 3.8) is 0 Å². The molecular formula is C26H20FN3O2. The average molecular weight is 425 g/mol. The van der Waals surface area contributed by atoms with Gasteiger partial charge in [0.25, 0.3) is 11.8 Å². The van der Waals surface area contributed by atoms with E-state index in [1.54, 1.807) is 30.3 Å². The summed E-state index contributed by atoms with van der Waals surface area (Å²) in [5.74, 6) is -1.11. The molecule has 0 saturated carbocycles. The number of nitrogens with zero attached hydrogens (tertiary/aromatic N) is 2. The van der Waals surface area contributed by atoms with Gasteiger partial charge < -0.3 is 4.57 Å². The molecule has 0 spiro atoms. The molecular weight excluding hydrogens is 405 g/mol. The van der Waals surface area contributed by atoms with Gasteiger partial charge in [-0.25, -0.2) is 9.40 Å². The predicted molar refractivity (Wildman–Crippen MR) is 122 cm³/mol. The van der Waals surface area contributed by atoms with E-state index in [9.17, 15) is 14.0 Å². The van der Waals surface area contributed by atoms with Crippen LogP contribution in [-0.4, -0.2) is 16.4 Å². The highest BCUT2D eigenvalue weighted by atomic mass is 19.1. The molecule has 32 heavy (non-hydrogen) atoms. The monoisotopic (exact) mass is 425 g/mol. The number of fused-ring (bicyclic) bond motifs is 1. The number of aromatic nitrogens is 1. The number of halogens is 1. The number of hydrogen-bond acceptors (Lipinski definition) is 2. The van der Waals surface area contributed by atoms with E-state index in [1.165, 1.54) is 17.1 Å². The first kappa shape index (κ1) is 19.8. The Kier molecular flexibility index (Phi) is 4.82. The number of rotatable bonds is 4. The molecule has 1 aliphatic rings. The van der Waals surface area contributed by atoms with Crippen molar-refractivity contribution in [3.8, 4) is 0 Å². The van der Waals surface area contributed by atoms with Gasteiger partial charge in [0, 0.05) is 28.7 Å². The van der Waals surface area contributed by atoms with Crippen LogP contribution in [0.4, 0.5) is 10.1 Å². The van der Waals surface area contributed by atoms with Crippen molar-refractivity contribution in [1.29, 1.82) is 0 Å². The molecule has 0 atom stereocenters. The van der Waals surface area contributed by atoms with Gasteiger partial charge in [0.2, 0.25) is 0 Å². The van der Waals surface area contributed by atoms with Crippen LogP contribution in [0.15, 0.2) is 84.4 Å². The molecule has 6 heteroatoms. The van der Waals surface area contributed by atoms with Gasteiger partial charge >= 0.3 is 0 Å². The van der Waals surface area contributed by atoms with Crippen LogP contribution in [-0.2, 0) is 16.1 Å². The summed E-state index contributed by atoms with van der Waals surface area (Å²) in [6, 6.07) is 23.3. The Labute approximate surface area is 184 Å². The number of carbonyl (C=O) groups excluding carboxylic acids is 2. The molecule has 1 saturated heterocycles. The minimum atomic E-state index is -0.436. The zero-order chi connectivity index (χ0) is 22.2. The summed E-state index contributed by atoms with van der Waals surface area (Å²) in [5.41, 5.74) is 7.00. The van der Waals surface area contributed by atoms with Gasteiger partial charge in [0.15, 0.2) is 0 Å². The first-order valence-electron chi connectivity index (χ1n) is 10.3. The van der Waals surface area contributed by atoms with Crippen molar-refractivity contribution < 1.29 is 14.0 Å². The molecule has 1 aliphatic heterocycles. The van der Waals surface area contributed by atoms with Crippen LogP contribution < -0.4 is 10.4 Å². The largest absolute Gasteiger partial charge is 0.340 e. The first-order chi connectivity index (χ1) is 15.5. The van der Waals surface area contributed by atoms with E-state index in [2.05, 4.69) is 9.99 Å². The highest BCUT2D eigenvalue weighted by Gasteiger charge is 2.34. The molecule has 0 aliphatic carbocycles. The SMILES string of the molecule is Cc1c(/C=C2/C(=O)NN(c3ccccc3)C2=O)c2ccccc2n1Cc1ccc(F)cc1. The summed E-state index contributed by atoms with van der Waals surface area (Å²) in [6.07, 6.45) is 1.67. The van der Waals surface area contributed by atoms with Crippen LogP contribution in [0.1, 0.15) is 16.8 Å². The Hall–Kier alpha value is -4.19. The zero-order valence-electron chi connectivity index (χ0n) is 17.4. The molecule has 0 unspecified atom stereocenters. The molecule has 5 rings (SSSR count). The summed E-state index contributed by atoms with van der Waals surface area (Å²) in [6.45, 7) is 2.51. The summed E-state index contributed by atoms with van der Waals surface area (Å²) in [5, 5.41) is 2.21. The normalized spacial score (nSPS) is 15.1. The predicted octanol–water partition coefficient (Wildman–Crippen LogP) is 4.60. The van der Waals surface area contributed by atoms with E-state index in [0.29, 0.717) is 12.2 Å². The molecule has 2 amide bonds. The summed E-state index contributed by atoms with van der Waals surface area (Å²) >= 11 is 0. The van der Waals surface area contributed by atoms with Crippen molar-refractivity contribution >= 4 is 34.5 Å². The third-order valence-electron chi connectivity index (χ3n) is 5.73. The molecule has 2 heterocycles. The number of anilines is 1. The maximum absolute atomic E-state index is 13.3.